The smallest absolute Gasteiger partial charge is 0.245 e. The maximum atomic E-state index is 11.8. The van der Waals surface area contributed by atoms with Crippen LogP contribution in [-0.2, 0) is 20.0 Å². The van der Waals surface area contributed by atoms with Gasteiger partial charge in [0.05, 0.1) is 18.2 Å². The van der Waals surface area contributed by atoms with E-state index in [1.165, 1.54) is 25.7 Å². The van der Waals surface area contributed by atoms with Gasteiger partial charge in [-0.1, -0.05) is 18.6 Å². The van der Waals surface area contributed by atoms with Crippen LogP contribution < -0.4 is 3.71 Å². The Bertz CT molecular complexity index is 771. The minimum Gasteiger partial charge on any atom is -0.293 e. The molecule has 8 heteroatoms. The van der Waals surface area contributed by atoms with Gasteiger partial charge in [-0.25, -0.2) is 16.8 Å². The van der Waals surface area contributed by atoms with Crippen LogP contribution in [0.5, 0.6) is 0 Å². The number of anilines is 1. The predicted molar refractivity (Wildman–Crippen MR) is 94.9 cm³/mol. The van der Waals surface area contributed by atoms with Gasteiger partial charge in [0, 0.05) is 12.1 Å². The molecule has 0 amide bonds. The number of rotatable bonds is 4. The minimum absolute atomic E-state index is 0.164. The van der Waals surface area contributed by atoms with Gasteiger partial charge >= 0.3 is 0 Å². The molecule has 2 fully saturated rings. The minimum atomic E-state index is -3.89. The van der Waals surface area contributed by atoms with E-state index in [-0.39, 0.29) is 5.69 Å². The van der Waals surface area contributed by atoms with E-state index in [9.17, 15) is 16.8 Å². The molecule has 2 aliphatic rings. The molecule has 134 valence electrons. The van der Waals surface area contributed by atoms with Crippen molar-refractivity contribution in [1.29, 1.82) is 0 Å². The van der Waals surface area contributed by atoms with Gasteiger partial charge in [-0.15, -0.1) is 0 Å². The Balaban J connectivity index is 1.88. The van der Waals surface area contributed by atoms with E-state index in [4.69, 9.17) is 0 Å². The van der Waals surface area contributed by atoms with E-state index in [0.717, 1.165) is 31.0 Å². The summed E-state index contributed by atoms with van der Waals surface area (Å²) in [5, 5.41) is 0. The van der Waals surface area contributed by atoms with Gasteiger partial charge in [-0.05, 0) is 49.9 Å². The molecular weight excluding hydrogens is 348 g/mol. The molecule has 2 heterocycles. The summed E-state index contributed by atoms with van der Waals surface area (Å²) in [5.74, 6) is 0. The maximum Gasteiger partial charge on any atom is 0.245 e. The van der Waals surface area contributed by atoms with Crippen molar-refractivity contribution in [2.45, 2.75) is 44.2 Å². The van der Waals surface area contributed by atoms with Crippen molar-refractivity contribution < 1.29 is 16.8 Å². The van der Waals surface area contributed by atoms with E-state index in [2.05, 4.69) is 4.90 Å². The maximum absolute atomic E-state index is 11.8. The third-order valence-corrected chi connectivity index (χ3v) is 8.19. The first-order chi connectivity index (χ1) is 11.2. The lowest BCUT2D eigenvalue weighted by Gasteiger charge is -2.34. The Kier molecular flexibility index (Phi) is 4.65. The molecule has 3 rings (SSSR count). The Morgan fingerprint density at radius 1 is 0.917 bits per heavy atom. The Morgan fingerprint density at radius 2 is 1.54 bits per heavy atom. The Morgan fingerprint density at radius 3 is 2.12 bits per heavy atom. The van der Waals surface area contributed by atoms with Crippen molar-refractivity contribution >= 4 is 25.7 Å². The summed E-state index contributed by atoms with van der Waals surface area (Å²) >= 11 is 0. The lowest BCUT2D eigenvalue weighted by atomic mass is 10.0. The highest BCUT2D eigenvalue weighted by Gasteiger charge is 2.35. The number of sulfonamides is 2. The van der Waals surface area contributed by atoms with Crippen LogP contribution in [0.25, 0.3) is 0 Å². The summed E-state index contributed by atoms with van der Waals surface area (Å²) in [5.41, 5.74) is 1.29. The zero-order valence-electron chi connectivity index (χ0n) is 14.1. The van der Waals surface area contributed by atoms with Crippen molar-refractivity contribution in [3.63, 3.8) is 0 Å². The topological polar surface area (TPSA) is 74.8 Å². The molecule has 0 bridgehead atoms. The second-order valence-electron chi connectivity index (χ2n) is 6.80. The highest BCUT2D eigenvalue weighted by Crippen LogP contribution is 2.40. The Hall–Kier alpha value is -1.12. The molecule has 1 aromatic carbocycles. The van der Waals surface area contributed by atoms with Crippen LogP contribution in [0.4, 0.5) is 5.69 Å². The van der Waals surface area contributed by atoms with Gasteiger partial charge in [-0.3, -0.25) is 4.90 Å². The second kappa shape index (κ2) is 6.31. The van der Waals surface area contributed by atoms with Crippen LogP contribution in [0.15, 0.2) is 24.3 Å². The number of nitrogens with zero attached hydrogens (tertiary/aromatic N) is 2. The first kappa shape index (κ1) is 17.7. The van der Waals surface area contributed by atoms with Crippen molar-refractivity contribution in [1.82, 2.24) is 4.90 Å². The van der Waals surface area contributed by atoms with E-state index in [0.29, 0.717) is 15.8 Å². The summed E-state index contributed by atoms with van der Waals surface area (Å²) in [6.45, 7) is 1.11. The molecule has 0 radical (unpaired) electrons. The third-order valence-electron chi connectivity index (χ3n) is 4.94. The zero-order chi connectivity index (χ0) is 17.5. The van der Waals surface area contributed by atoms with Gasteiger partial charge in [-0.2, -0.15) is 3.71 Å². The van der Waals surface area contributed by atoms with Crippen LogP contribution in [0.1, 0.15) is 43.7 Å². The van der Waals surface area contributed by atoms with Gasteiger partial charge in [0.2, 0.25) is 20.0 Å². The number of fused-ring (bicyclic) bond motifs is 1. The summed E-state index contributed by atoms with van der Waals surface area (Å²) in [4.78, 5) is 2.55. The number of hydrogen-bond acceptors (Lipinski definition) is 5. The molecule has 24 heavy (non-hydrogen) atoms. The largest absolute Gasteiger partial charge is 0.293 e. The highest BCUT2D eigenvalue weighted by molar-refractivity contribution is 8.09. The quantitative estimate of drug-likeness (QED) is 0.809. The molecule has 0 aliphatic carbocycles. The molecular formula is C16H24N2O4S2. The lowest BCUT2D eigenvalue weighted by molar-refractivity contribution is 0.150. The first-order valence-electron chi connectivity index (χ1n) is 8.24. The fourth-order valence-electron chi connectivity index (χ4n) is 4.06. The third kappa shape index (κ3) is 3.45. The molecule has 2 saturated heterocycles. The fraction of sp³-hybridized carbons (Fsp3) is 0.625. The average Bonchev–Trinajstić information content (AvgIpc) is 2.89. The van der Waals surface area contributed by atoms with Gasteiger partial charge < -0.3 is 0 Å². The molecule has 0 N–H and O–H groups in total. The SMILES string of the molecule is CS(=O)(=O)N(c1ccc([C@@H]2CC[C@@H]3CCCCN32)cc1)S(C)(=O)=O. The van der Waals surface area contributed by atoms with Crippen LogP contribution in [-0.4, -0.2) is 46.8 Å². The summed E-state index contributed by atoms with van der Waals surface area (Å²) in [6.07, 6.45) is 7.88. The van der Waals surface area contributed by atoms with Crippen LogP contribution >= 0.6 is 0 Å². The summed E-state index contributed by atoms with van der Waals surface area (Å²) < 4.78 is 47.9. The normalized spacial score (nSPS) is 25.4. The van der Waals surface area contributed by atoms with E-state index >= 15 is 0 Å². The summed E-state index contributed by atoms with van der Waals surface area (Å²) in [6, 6.07) is 7.92. The highest BCUT2D eigenvalue weighted by atomic mass is 32.3. The van der Waals surface area contributed by atoms with Gasteiger partial charge in [0.15, 0.2) is 0 Å². The van der Waals surface area contributed by atoms with Crippen molar-refractivity contribution in [2.75, 3.05) is 22.8 Å². The van der Waals surface area contributed by atoms with Crippen molar-refractivity contribution in [3.8, 4) is 0 Å². The van der Waals surface area contributed by atoms with Crippen LogP contribution in [0.2, 0.25) is 0 Å². The lowest BCUT2D eigenvalue weighted by Crippen LogP contribution is -2.36. The molecule has 2 atom stereocenters. The van der Waals surface area contributed by atoms with E-state index < -0.39 is 20.0 Å². The molecule has 6 nitrogen and oxygen atoms in total. The van der Waals surface area contributed by atoms with Crippen molar-refractivity contribution in [3.05, 3.63) is 29.8 Å². The molecule has 1 aromatic rings. The fourth-order valence-corrected chi connectivity index (χ4v) is 7.04. The van der Waals surface area contributed by atoms with Gasteiger partial charge in [0.25, 0.3) is 0 Å². The monoisotopic (exact) mass is 372 g/mol. The Labute approximate surface area is 144 Å². The number of piperidine rings is 1. The van der Waals surface area contributed by atoms with Gasteiger partial charge in [0.1, 0.15) is 0 Å². The molecule has 0 unspecified atom stereocenters. The molecule has 0 spiro atoms. The van der Waals surface area contributed by atoms with Crippen LogP contribution in [0, 0.1) is 0 Å². The number of benzene rings is 1. The van der Waals surface area contributed by atoms with E-state index in [1.54, 1.807) is 12.1 Å². The average molecular weight is 373 g/mol. The van der Waals surface area contributed by atoms with Crippen molar-refractivity contribution in [2.24, 2.45) is 0 Å². The molecule has 0 aromatic heterocycles. The van der Waals surface area contributed by atoms with Crippen LogP contribution in [0.3, 0.4) is 0 Å². The molecule has 2 aliphatic heterocycles. The summed E-state index contributed by atoms with van der Waals surface area (Å²) in [7, 11) is -7.78. The molecule has 0 saturated carbocycles. The first-order valence-corrected chi connectivity index (χ1v) is 11.9. The second-order valence-corrected chi connectivity index (χ2v) is 10.7. The predicted octanol–water partition coefficient (Wildman–Crippen LogP) is 2.10. The van der Waals surface area contributed by atoms with E-state index in [1.807, 2.05) is 12.1 Å². The number of hydrogen-bond donors (Lipinski definition) is 0. The standard InChI is InChI=1S/C16H24N2O4S2/c1-23(19,20)18(24(2,21)22)15-8-6-13(7-9-15)16-11-10-14-5-3-4-12-17(14)16/h6-9,14,16H,3-5,10-12H2,1-2H3/t14-,16-/m0/s1. The zero-order valence-corrected chi connectivity index (χ0v) is 15.7.